The van der Waals surface area contributed by atoms with E-state index in [0.717, 1.165) is 37.9 Å². The maximum Gasteiger partial charge on any atom is 0.295 e. The highest BCUT2D eigenvalue weighted by molar-refractivity contribution is 6.46. The second-order valence-corrected chi connectivity index (χ2v) is 10.3. The molecule has 0 spiro atoms. The molecule has 0 bridgehead atoms. The number of unbranched alkanes of at least 4 members (excludes halogenated alkanes) is 2. The van der Waals surface area contributed by atoms with Gasteiger partial charge >= 0.3 is 0 Å². The molecule has 0 aliphatic carbocycles. The Morgan fingerprint density at radius 1 is 0.976 bits per heavy atom. The molecule has 0 radical (unpaired) electrons. The predicted molar refractivity (Wildman–Crippen MR) is 157 cm³/mol. The maximum atomic E-state index is 13.5. The summed E-state index contributed by atoms with van der Waals surface area (Å²) < 4.78 is 22.7. The quantitative estimate of drug-likeness (QED) is 0.161. The molecule has 1 unspecified atom stereocenters. The summed E-state index contributed by atoms with van der Waals surface area (Å²) in [5, 5.41) is 11.5. The Morgan fingerprint density at radius 3 is 2.41 bits per heavy atom. The zero-order valence-electron chi connectivity index (χ0n) is 24.6. The molecule has 2 aromatic rings. The summed E-state index contributed by atoms with van der Waals surface area (Å²) in [6, 6.07) is 9.91. The molecular formula is C32H42N2O7. The number of carbonyl (C=O) groups excluding carboxylic acids is 2. The molecule has 0 aromatic heterocycles. The minimum absolute atomic E-state index is 0.0548. The van der Waals surface area contributed by atoms with Crippen molar-refractivity contribution in [2.45, 2.75) is 46.1 Å². The number of carbonyl (C=O) groups is 2. The molecular weight excluding hydrogens is 524 g/mol. The molecule has 0 saturated carbocycles. The molecule has 222 valence electrons. The first-order valence-electron chi connectivity index (χ1n) is 14.5. The van der Waals surface area contributed by atoms with Gasteiger partial charge in [0, 0.05) is 31.7 Å². The van der Waals surface area contributed by atoms with Gasteiger partial charge in [0.1, 0.15) is 11.5 Å². The van der Waals surface area contributed by atoms with Crippen LogP contribution in [-0.4, -0.2) is 86.3 Å². The first-order valence-corrected chi connectivity index (χ1v) is 14.5. The Bertz CT molecular complexity index is 1250. The number of ketones is 1. The molecule has 2 aliphatic heterocycles. The van der Waals surface area contributed by atoms with Crippen LogP contribution in [0.25, 0.3) is 5.76 Å². The Balaban J connectivity index is 1.73. The maximum absolute atomic E-state index is 13.5. The fraction of sp³-hybridized carbons (Fsp3) is 0.500. The number of aryl methyl sites for hydroxylation is 1. The first-order chi connectivity index (χ1) is 19.9. The van der Waals surface area contributed by atoms with E-state index in [4.69, 9.17) is 18.9 Å². The molecule has 2 fully saturated rings. The van der Waals surface area contributed by atoms with Gasteiger partial charge in [-0.3, -0.25) is 14.5 Å². The number of aliphatic hydroxyl groups excluding tert-OH is 1. The summed E-state index contributed by atoms with van der Waals surface area (Å²) in [6.07, 6.45) is 3.10. The third-order valence-electron chi connectivity index (χ3n) is 7.56. The lowest BCUT2D eigenvalue weighted by Crippen LogP contribution is -2.42. The Labute approximate surface area is 242 Å². The number of aliphatic hydroxyl groups is 1. The van der Waals surface area contributed by atoms with Crippen LogP contribution in [0.4, 0.5) is 0 Å². The normalized spacial score (nSPS) is 19.0. The molecule has 2 saturated heterocycles. The van der Waals surface area contributed by atoms with E-state index in [9.17, 15) is 14.7 Å². The fourth-order valence-electron chi connectivity index (χ4n) is 5.31. The van der Waals surface area contributed by atoms with Gasteiger partial charge in [0.2, 0.25) is 0 Å². The minimum Gasteiger partial charge on any atom is -0.507 e. The van der Waals surface area contributed by atoms with E-state index in [1.54, 1.807) is 36.3 Å². The van der Waals surface area contributed by atoms with Gasteiger partial charge < -0.3 is 29.0 Å². The summed E-state index contributed by atoms with van der Waals surface area (Å²) in [5.74, 6) is 0.249. The van der Waals surface area contributed by atoms with Gasteiger partial charge in [0.05, 0.1) is 45.2 Å². The van der Waals surface area contributed by atoms with E-state index in [0.29, 0.717) is 67.9 Å². The Kier molecular flexibility index (Phi) is 10.7. The van der Waals surface area contributed by atoms with E-state index < -0.39 is 17.7 Å². The number of rotatable bonds is 13. The monoisotopic (exact) mass is 566 g/mol. The van der Waals surface area contributed by atoms with E-state index in [1.807, 2.05) is 26.0 Å². The zero-order chi connectivity index (χ0) is 29.4. The lowest BCUT2D eigenvalue weighted by molar-refractivity contribution is -0.140. The smallest absolute Gasteiger partial charge is 0.295 e. The number of amides is 1. The Morgan fingerprint density at radius 2 is 1.73 bits per heavy atom. The number of morpholine rings is 1. The number of likely N-dealkylation sites (tertiary alicyclic amines) is 1. The van der Waals surface area contributed by atoms with Crippen molar-refractivity contribution in [3.8, 4) is 17.2 Å². The molecule has 2 heterocycles. The zero-order valence-corrected chi connectivity index (χ0v) is 24.6. The second-order valence-electron chi connectivity index (χ2n) is 10.3. The summed E-state index contributed by atoms with van der Waals surface area (Å²) in [7, 11) is 1.57. The van der Waals surface area contributed by atoms with Crippen molar-refractivity contribution < 1.29 is 33.6 Å². The van der Waals surface area contributed by atoms with Crippen LogP contribution in [-0.2, 0) is 14.3 Å². The third kappa shape index (κ3) is 7.02. The van der Waals surface area contributed by atoms with Crippen molar-refractivity contribution in [2.24, 2.45) is 0 Å². The molecule has 2 aliphatic rings. The van der Waals surface area contributed by atoms with E-state index in [2.05, 4.69) is 11.8 Å². The predicted octanol–water partition coefficient (Wildman–Crippen LogP) is 4.73. The first kappa shape index (κ1) is 30.4. The van der Waals surface area contributed by atoms with Crippen molar-refractivity contribution >= 4 is 17.4 Å². The van der Waals surface area contributed by atoms with Crippen LogP contribution >= 0.6 is 0 Å². The van der Waals surface area contributed by atoms with Crippen molar-refractivity contribution in [1.82, 2.24) is 9.80 Å². The fourth-order valence-corrected chi connectivity index (χ4v) is 5.31. The van der Waals surface area contributed by atoms with Crippen molar-refractivity contribution in [2.75, 3.05) is 59.7 Å². The highest BCUT2D eigenvalue weighted by Crippen LogP contribution is 2.42. The van der Waals surface area contributed by atoms with Crippen molar-refractivity contribution in [3.05, 3.63) is 58.7 Å². The van der Waals surface area contributed by atoms with E-state index in [-0.39, 0.29) is 11.3 Å². The molecule has 9 heteroatoms. The molecule has 1 atom stereocenters. The number of hydrogen-bond acceptors (Lipinski definition) is 8. The van der Waals surface area contributed by atoms with Crippen LogP contribution in [0.5, 0.6) is 17.2 Å². The van der Waals surface area contributed by atoms with Crippen LogP contribution in [0.15, 0.2) is 42.0 Å². The van der Waals surface area contributed by atoms with Crippen molar-refractivity contribution in [1.29, 1.82) is 0 Å². The molecule has 4 rings (SSSR count). The lowest BCUT2D eigenvalue weighted by Gasteiger charge is -2.31. The lowest BCUT2D eigenvalue weighted by atomic mass is 9.94. The highest BCUT2D eigenvalue weighted by atomic mass is 16.5. The van der Waals surface area contributed by atoms with Crippen LogP contribution in [0.2, 0.25) is 0 Å². The average Bonchev–Trinajstić information content (AvgIpc) is 3.24. The van der Waals surface area contributed by atoms with Crippen LogP contribution < -0.4 is 14.2 Å². The van der Waals surface area contributed by atoms with Gasteiger partial charge in [0.25, 0.3) is 11.7 Å². The third-order valence-corrected chi connectivity index (χ3v) is 7.56. The number of methoxy groups -OCH3 is 1. The van der Waals surface area contributed by atoms with E-state index in [1.165, 1.54) is 0 Å². The van der Waals surface area contributed by atoms with Crippen LogP contribution in [0, 0.1) is 6.92 Å². The summed E-state index contributed by atoms with van der Waals surface area (Å²) >= 11 is 0. The second kappa shape index (κ2) is 14.4. The molecule has 1 N–H and O–H groups in total. The summed E-state index contributed by atoms with van der Waals surface area (Å²) in [6.45, 7) is 10.7. The largest absolute Gasteiger partial charge is 0.507 e. The Hall–Kier alpha value is -3.56. The minimum atomic E-state index is -0.786. The van der Waals surface area contributed by atoms with E-state index >= 15 is 0 Å². The standard InChI is InChI=1S/C32H42N2O7/c1-5-7-8-17-41-26-12-9-23(21-27(26)38-4)29-28(30(35)24-10-11-25(40-6-2)22(3)20-24)31(36)32(37)34(29)14-13-33-15-18-39-19-16-33/h9-12,20-21,29,35H,5-8,13-19H2,1-4H3. The number of Topliss-reactive ketones (excluding diaryl/α,β-unsaturated/α-hetero) is 1. The summed E-state index contributed by atoms with van der Waals surface area (Å²) in [4.78, 5) is 30.7. The van der Waals surface area contributed by atoms with Gasteiger partial charge in [-0.2, -0.15) is 0 Å². The number of benzene rings is 2. The SMILES string of the molecule is CCCCCOc1ccc(C2C(=C(O)c3ccc(OCC)c(C)c3)C(=O)C(=O)N2CCN2CCOCC2)cc1OC. The molecule has 2 aromatic carbocycles. The molecule has 41 heavy (non-hydrogen) atoms. The number of nitrogens with zero attached hydrogens (tertiary/aromatic N) is 2. The highest BCUT2D eigenvalue weighted by Gasteiger charge is 2.46. The van der Waals surface area contributed by atoms with Gasteiger partial charge in [-0.25, -0.2) is 0 Å². The average molecular weight is 567 g/mol. The molecule has 9 nitrogen and oxygen atoms in total. The summed E-state index contributed by atoms with van der Waals surface area (Å²) in [5.41, 5.74) is 1.98. The topological polar surface area (TPSA) is 97.8 Å². The number of hydrogen-bond donors (Lipinski definition) is 1. The van der Waals surface area contributed by atoms with Crippen molar-refractivity contribution in [3.63, 3.8) is 0 Å². The van der Waals surface area contributed by atoms with Gasteiger partial charge in [-0.1, -0.05) is 25.8 Å². The van der Waals surface area contributed by atoms with Crippen LogP contribution in [0.3, 0.4) is 0 Å². The van der Waals surface area contributed by atoms with Gasteiger partial charge in [-0.05, 0) is 61.7 Å². The van der Waals surface area contributed by atoms with Crippen LogP contribution in [0.1, 0.15) is 55.8 Å². The number of ether oxygens (including phenoxy) is 4. The van der Waals surface area contributed by atoms with Gasteiger partial charge in [0.15, 0.2) is 11.5 Å². The molecule has 1 amide bonds. The van der Waals surface area contributed by atoms with Gasteiger partial charge in [-0.15, -0.1) is 0 Å².